The van der Waals surface area contributed by atoms with Crippen LogP contribution >= 0.6 is 11.8 Å². The van der Waals surface area contributed by atoms with Crippen molar-refractivity contribution in [2.45, 2.75) is 127 Å². The van der Waals surface area contributed by atoms with E-state index < -0.39 is 65.9 Å². The third kappa shape index (κ3) is 10.5. The Hall–Kier alpha value is -3.63. The Balaban J connectivity index is 1.16. The molecule has 15 heteroatoms. The number of aromatic nitrogens is 1. The normalized spacial score (nSPS) is 27.5. The molecule has 56 heavy (non-hydrogen) atoms. The second-order valence-electron chi connectivity index (χ2n) is 16.2. The number of allylic oxidation sites excluding steroid dienone is 1. The average molecular weight is 800 g/mol. The van der Waals surface area contributed by atoms with E-state index >= 15 is 0 Å². The summed E-state index contributed by atoms with van der Waals surface area (Å²) in [5.74, 6) is -1.26. The quantitative estimate of drug-likeness (QED) is 0.0778. The first-order valence-corrected chi connectivity index (χ1v) is 21.0. The molecule has 1 aromatic carbocycles. The molecule has 2 saturated heterocycles. The molecule has 1 saturated carbocycles. The van der Waals surface area contributed by atoms with Crippen molar-refractivity contribution in [2.75, 3.05) is 32.3 Å². The molecule has 1 aromatic heterocycles. The zero-order valence-corrected chi connectivity index (χ0v) is 34.8. The van der Waals surface area contributed by atoms with Crippen LogP contribution in [0.15, 0.2) is 42.1 Å². The lowest BCUT2D eigenvalue weighted by Crippen LogP contribution is -2.56. The van der Waals surface area contributed by atoms with Crippen LogP contribution in [-0.2, 0) is 44.5 Å². The molecular formula is C41H61N5O9S. The van der Waals surface area contributed by atoms with Crippen molar-refractivity contribution in [1.82, 2.24) is 20.9 Å². The van der Waals surface area contributed by atoms with Gasteiger partial charge >= 0.3 is 12.1 Å². The third-order valence-corrected chi connectivity index (χ3v) is 12.1. The van der Waals surface area contributed by atoms with E-state index in [1.165, 1.54) is 12.5 Å². The summed E-state index contributed by atoms with van der Waals surface area (Å²) in [6, 6.07) is 4.23. The van der Waals surface area contributed by atoms with E-state index in [1.54, 1.807) is 25.1 Å². The number of esters is 1. The van der Waals surface area contributed by atoms with Crippen LogP contribution < -0.4 is 21.7 Å². The van der Waals surface area contributed by atoms with Crippen molar-refractivity contribution in [3.8, 4) is 0 Å². The first-order chi connectivity index (χ1) is 26.6. The molecule has 4 unspecified atom stereocenters. The number of alkyl carbamates (subject to hydrolysis) is 1. The van der Waals surface area contributed by atoms with Crippen LogP contribution in [0.5, 0.6) is 0 Å². The Morgan fingerprint density at radius 2 is 1.84 bits per heavy atom. The van der Waals surface area contributed by atoms with E-state index in [1.807, 2.05) is 44.4 Å². The van der Waals surface area contributed by atoms with Crippen LogP contribution in [0.4, 0.5) is 4.79 Å². The van der Waals surface area contributed by atoms with E-state index in [-0.39, 0.29) is 36.6 Å². The summed E-state index contributed by atoms with van der Waals surface area (Å²) in [7, 11) is 1.63. The number of fused-ring (bicyclic) bond motifs is 1. The zero-order chi connectivity index (χ0) is 40.8. The van der Waals surface area contributed by atoms with Crippen LogP contribution in [0.25, 0.3) is 10.9 Å². The van der Waals surface area contributed by atoms with Crippen molar-refractivity contribution in [1.29, 1.82) is 0 Å². The van der Waals surface area contributed by atoms with Crippen LogP contribution in [0, 0.1) is 11.8 Å². The predicted molar refractivity (Wildman–Crippen MR) is 215 cm³/mol. The van der Waals surface area contributed by atoms with Gasteiger partial charge in [-0.25, -0.2) is 9.59 Å². The molecule has 3 heterocycles. The van der Waals surface area contributed by atoms with E-state index in [9.17, 15) is 19.2 Å². The molecule has 2 aromatic rings. The number of carbonyl (C=O) groups is 4. The lowest BCUT2D eigenvalue weighted by Gasteiger charge is -2.42. The maximum absolute atomic E-state index is 13.6. The minimum atomic E-state index is -1.06. The van der Waals surface area contributed by atoms with E-state index in [2.05, 4.69) is 47.8 Å². The number of hydrogen-bond acceptors (Lipinski definition) is 11. The number of rotatable bonds is 19. The van der Waals surface area contributed by atoms with Gasteiger partial charge in [0.1, 0.15) is 42.1 Å². The van der Waals surface area contributed by atoms with Gasteiger partial charge in [0.05, 0.1) is 30.7 Å². The Labute approximate surface area is 334 Å². The Morgan fingerprint density at radius 3 is 2.50 bits per heavy atom. The molecule has 0 radical (unpaired) electrons. The van der Waals surface area contributed by atoms with Crippen LogP contribution in [0.2, 0.25) is 0 Å². The van der Waals surface area contributed by atoms with Gasteiger partial charge in [-0.1, -0.05) is 43.7 Å². The summed E-state index contributed by atoms with van der Waals surface area (Å²) in [4.78, 5) is 56.5. The first kappa shape index (κ1) is 43.5. The number of para-hydroxylation sites is 1. The van der Waals surface area contributed by atoms with Crippen LogP contribution in [0.3, 0.4) is 0 Å². The SMILES string of the molecule is CO[C@@H]1[C@H](OC(=O)NC(COC(=O)[C@H](C)NC(=O)[C@H](Cc2c[nH]c3ccccc23)NC(=O)[C@@H](N)CCSC)C(C)C)CCC2(CO2)[C@H]1C1(C)OC1CC=C(C)C. The predicted octanol–water partition coefficient (Wildman–Crippen LogP) is 4.15. The molecule has 1 aliphatic carbocycles. The second-order valence-corrected chi connectivity index (χ2v) is 17.2. The molecule has 1 spiro atoms. The summed E-state index contributed by atoms with van der Waals surface area (Å²) >= 11 is 1.58. The molecule has 6 N–H and O–H groups in total. The molecular weight excluding hydrogens is 739 g/mol. The number of epoxide rings is 2. The topological polar surface area (TPSA) is 199 Å². The lowest BCUT2D eigenvalue weighted by atomic mass is 9.68. The Bertz CT molecular complexity index is 1730. The highest BCUT2D eigenvalue weighted by Gasteiger charge is 2.72. The van der Waals surface area contributed by atoms with Crippen LogP contribution in [0.1, 0.15) is 72.8 Å². The largest absolute Gasteiger partial charge is 0.462 e. The summed E-state index contributed by atoms with van der Waals surface area (Å²) < 4.78 is 30.0. The van der Waals surface area contributed by atoms with Crippen molar-refractivity contribution in [2.24, 2.45) is 17.6 Å². The summed E-state index contributed by atoms with van der Waals surface area (Å²) in [6.07, 6.45) is 7.01. The van der Waals surface area contributed by atoms with Gasteiger partial charge in [0.2, 0.25) is 11.8 Å². The fourth-order valence-corrected chi connectivity index (χ4v) is 8.34. The van der Waals surface area contributed by atoms with Crippen molar-refractivity contribution >= 4 is 46.5 Å². The maximum Gasteiger partial charge on any atom is 0.407 e. The van der Waals surface area contributed by atoms with Crippen LogP contribution in [-0.4, -0.2) is 115 Å². The summed E-state index contributed by atoms with van der Waals surface area (Å²) in [5.41, 5.74) is 8.25. The highest BCUT2D eigenvalue weighted by molar-refractivity contribution is 7.98. The zero-order valence-electron chi connectivity index (χ0n) is 34.0. The van der Waals surface area contributed by atoms with E-state index in [4.69, 9.17) is 29.4 Å². The molecule has 3 amide bonds. The monoisotopic (exact) mass is 799 g/mol. The van der Waals surface area contributed by atoms with Crippen molar-refractivity contribution < 1.29 is 42.9 Å². The molecule has 3 aliphatic rings. The number of H-pyrrole nitrogens is 1. The number of nitrogens with one attached hydrogen (secondary N) is 4. The fraction of sp³-hybridized carbons (Fsp3) is 0.659. The van der Waals surface area contributed by atoms with Gasteiger partial charge in [-0.15, -0.1) is 0 Å². The standard InChI is InChI=1S/C41H61N5O9S/c1-23(2)13-14-33-40(6,55-33)35-34(51-7)32(15-17-41(35)22-53-41)54-39(50)46-31(24(3)4)21-52-38(49)25(5)44-37(48)30(45-36(47)28(42)16-18-56-8)19-26-20-43-29-12-10-9-11-27(26)29/h9-13,20,24-25,28,30-35,43H,14-19,21-22,42H2,1-8H3,(H,44,48)(H,45,47)(H,46,50)/t25-,28-,30-,31?,32+,33?,34+,35+,40?,41?/m0/s1. The van der Waals surface area contributed by atoms with Gasteiger partial charge in [0.15, 0.2) is 0 Å². The third-order valence-electron chi connectivity index (χ3n) is 11.4. The molecule has 14 nitrogen and oxygen atoms in total. The molecule has 310 valence electrons. The van der Waals surface area contributed by atoms with E-state index in [0.717, 1.165) is 29.3 Å². The summed E-state index contributed by atoms with van der Waals surface area (Å²) in [5, 5.41) is 9.30. The molecule has 3 fully saturated rings. The number of amides is 3. The molecule has 10 atom stereocenters. The second kappa shape index (κ2) is 18.8. The minimum Gasteiger partial charge on any atom is -0.462 e. The van der Waals surface area contributed by atoms with Crippen molar-refractivity contribution in [3.63, 3.8) is 0 Å². The molecule has 5 rings (SSSR count). The highest BCUT2D eigenvalue weighted by Crippen LogP contribution is 2.59. The smallest absolute Gasteiger partial charge is 0.407 e. The highest BCUT2D eigenvalue weighted by atomic mass is 32.2. The Kier molecular flexibility index (Phi) is 14.6. The molecule has 2 aliphatic heterocycles. The lowest BCUT2D eigenvalue weighted by molar-refractivity contribution is -0.148. The van der Waals surface area contributed by atoms with Gasteiger partial charge < -0.3 is 50.4 Å². The maximum atomic E-state index is 13.6. The number of hydrogen-bond donors (Lipinski definition) is 5. The number of benzene rings is 1. The van der Waals surface area contributed by atoms with E-state index in [0.29, 0.717) is 25.2 Å². The number of aromatic amines is 1. The minimum absolute atomic E-state index is 0.0260. The number of carbonyl (C=O) groups excluding carboxylic acids is 4. The Morgan fingerprint density at radius 1 is 1.11 bits per heavy atom. The first-order valence-electron chi connectivity index (χ1n) is 19.6. The van der Waals surface area contributed by atoms with Gasteiger partial charge in [-0.2, -0.15) is 11.8 Å². The van der Waals surface area contributed by atoms with Gasteiger partial charge in [-0.05, 0) is 82.9 Å². The fourth-order valence-electron chi connectivity index (χ4n) is 7.85. The number of methoxy groups -OCH3 is 1. The van der Waals surface area contributed by atoms with Gasteiger partial charge in [0.25, 0.3) is 0 Å². The average Bonchev–Trinajstić information content (AvgIpc) is 4.04. The van der Waals surface area contributed by atoms with Gasteiger partial charge in [0, 0.05) is 30.6 Å². The number of thioether (sulfide) groups is 1. The number of ether oxygens (including phenoxy) is 5. The number of nitrogens with two attached hydrogens (primary N) is 1. The summed E-state index contributed by atoms with van der Waals surface area (Å²) in [6.45, 7) is 12.0. The van der Waals surface area contributed by atoms with Crippen molar-refractivity contribution in [3.05, 3.63) is 47.7 Å². The van der Waals surface area contributed by atoms with Gasteiger partial charge in [-0.3, -0.25) is 9.59 Å². The molecule has 0 bridgehead atoms.